The summed E-state index contributed by atoms with van der Waals surface area (Å²) in [7, 11) is 0. The number of thiophene rings is 1. The molecule has 2 rings (SSSR count). The molecule has 0 aliphatic carbocycles. The summed E-state index contributed by atoms with van der Waals surface area (Å²) in [6, 6.07) is 5.75. The van der Waals surface area contributed by atoms with Crippen molar-refractivity contribution in [2.45, 2.75) is 6.42 Å². The molecule has 0 bridgehead atoms. The summed E-state index contributed by atoms with van der Waals surface area (Å²) >= 11 is 13.8. The van der Waals surface area contributed by atoms with Crippen LogP contribution in [-0.4, -0.2) is 6.54 Å². The summed E-state index contributed by atoms with van der Waals surface area (Å²) in [5.41, 5.74) is 5.50. The standard InChI is InChI=1S/C10H9Cl2NS/c11-6-1-2-7-9(5-6)14-8(3-4-13)10(7)12/h1-2,5H,3-4,13H2. The molecule has 0 atom stereocenters. The number of hydrogen-bond donors (Lipinski definition) is 1. The summed E-state index contributed by atoms with van der Waals surface area (Å²) in [5, 5.41) is 2.64. The minimum atomic E-state index is 0.625. The van der Waals surface area contributed by atoms with E-state index in [1.807, 2.05) is 18.2 Å². The fourth-order valence-corrected chi connectivity index (χ4v) is 3.20. The summed E-state index contributed by atoms with van der Waals surface area (Å²) in [6.45, 7) is 0.625. The second-order valence-corrected chi connectivity index (χ2v) is 4.97. The Hall–Kier alpha value is -0.280. The molecule has 0 saturated heterocycles. The fraction of sp³-hybridized carbons (Fsp3) is 0.200. The Morgan fingerprint density at radius 1 is 1.29 bits per heavy atom. The lowest BCUT2D eigenvalue weighted by Gasteiger charge is -1.92. The largest absolute Gasteiger partial charge is 0.330 e. The molecule has 1 aromatic heterocycles. The predicted molar refractivity (Wildman–Crippen MR) is 64.6 cm³/mol. The summed E-state index contributed by atoms with van der Waals surface area (Å²) < 4.78 is 1.13. The minimum Gasteiger partial charge on any atom is -0.330 e. The molecule has 1 heterocycles. The van der Waals surface area contributed by atoms with Gasteiger partial charge < -0.3 is 5.73 Å². The molecule has 0 saturated carbocycles. The molecular formula is C10H9Cl2NS. The van der Waals surface area contributed by atoms with E-state index < -0.39 is 0 Å². The summed E-state index contributed by atoms with van der Waals surface area (Å²) in [4.78, 5) is 1.14. The number of hydrogen-bond acceptors (Lipinski definition) is 2. The van der Waals surface area contributed by atoms with Crippen LogP contribution in [0.1, 0.15) is 4.88 Å². The molecule has 0 spiro atoms. The molecule has 0 unspecified atom stereocenters. The van der Waals surface area contributed by atoms with E-state index in [-0.39, 0.29) is 0 Å². The fourth-order valence-electron chi connectivity index (χ4n) is 1.38. The van der Waals surface area contributed by atoms with Gasteiger partial charge in [-0.15, -0.1) is 11.3 Å². The Bertz CT molecular complexity index is 464. The van der Waals surface area contributed by atoms with E-state index in [1.54, 1.807) is 11.3 Å². The molecule has 1 nitrogen and oxygen atoms in total. The molecule has 1 aromatic carbocycles. The Morgan fingerprint density at radius 3 is 2.79 bits per heavy atom. The van der Waals surface area contributed by atoms with Gasteiger partial charge >= 0.3 is 0 Å². The molecule has 4 heteroatoms. The third-order valence-corrected chi connectivity index (χ3v) is 4.02. The van der Waals surface area contributed by atoms with Gasteiger partial charge in [-0.3, -0.25) is 0 Å². The van der Waals surface area contributed by atoms with Crippen LogP contribution in [0.25, 0.3) is 10.1 Å². The van der Waals surface area contributed by atoms with E-state index in [2.05, 4.69) is 0 Å². The third-order valence-electron chi connectivity index (χ3n) is 2.03. The molecule has 2 aromatic rings. The van der Waals surface area contributed by atoms with Crippen LogP contribution in [0.3, 0.4) is 0 Å². The van der Waals surface area contributed by atoms with Gasteiger partial charge in [0.15, 0.2) is 0 Å². The van der Waals surface area contributed by atoms with E-state index in [0.29, 0.717) is 6.54 Å². The van der Waals surface area contributed by atoms with Gasteiger partial charge in [-0.25, -0.2) is 0 Å². The average Bonchev–Trinajstić information content (AvgIpc) is 2.44. The second-order valence-electron chi connectivity index (χ2n) is 3.02. The van der Waals surface area contributed by atoms with Crippen molar-refractivity contribution < 1.29 is 0 Å². The third kappa shape index (κ3) is 1.75. The van der Waals surface area contributed by atoms with Crippen molar-refractivity contribution in [1.29, 1.82) is 0 Å². The smallest absolute Gasteiger partial charge is 0.0624 e. The van der Waals surface area contributed by atoms with Gasteiger partial charge in [0.1, 0.15) is 0 Å². The maximum atomic E-state index is 6.20. The van der Waals surface area contributed by atoms with Crippen LogP contribution in [0.2, 0.25) is 10.0 Å². The normalized spacial score (nSPS) is 11.1. The van der Waals surface area contributed by atoms with Crippen molar-refractivity contribution in [1.82, 2.24) is 0 Å². The number of halogens is 2. The Labute approximate surface area is 96.4 Å². The number of benzene rings is 1. The van der Waals surface area contributed by atoms with Crippen molar-refractivity contribution in [3.63, 3.8) is 0 Å². The molecule has 0 aliphatic heterocycles. The minimum absolute atomic E-state index is 0.625. The van der Waals surface area contributed by atoms with E-state index in [4.69, 9.17) is 28.9 Å². The van der Waals surface area contributed by atoms with Crippen molar-refractivity contribution in [3.05, 3.63) is 33.1 Å². The molecule has 74 valence electrons. The first kappa shape index (κ1) is 10.2. The summed E-state index contributed by atoms with van der Waals surface area (Å²) in [6.07, 6.45) is 0.829. The Kier molecular flexibility index (Phi) is 2.98. The lowest BCUT2D eigenvalue weighted by Crippen LogP contribution is -2.01. The molecule has 0 aliphatic rings. The van der Waals surface area contributed by atoms with Crippen LogP contribution < -0.4 is 5.73 Å². The number of rotatable bonds is 2. The van der Waals surface area contributed by atoms with Gasteiger partial charge in [0.05, 0.1) is 5.02 Å². The SMILES string of the molecule is NCCc1sc2cc(Cl)ccc2c1Cl. The first-order chi connectivity index (χ1) is 6.72. The first-order valence-electron chi connectivity index (χ1n) is 4.29. The zero-order valence-corrected chi connectivity index (χ0v) is 9.72. The molecule has 0 radical (unpaired) electrons. The lowest BCUT2D eigenvalue weighted by molar-refractivity contribution is 0.989. The zero-order chi connectivity index (χ0) is 10.1. The molecule has 0 amide bonds. The van der Waals surface area contributed by atoms with Gasteiger partial charge in [-0.05, 0) is 25.1 Å². The van der Waals surface area contributed by atoms with Gasteiger partial charge in [-0.1, -0.05) is 29.3 Å². The van der Waals surface area contributed by atoms with Crippen LogP contribution in [0.4, 0.5) is 0 Å². The van der Waals surface area contributed by atoms with E-state index >= 15 is 0 Å². The van der Waals surface area contributed by atoms with Crippen LogP contribution >= 0.6 is 34.5 Å². The van der Waals surface area contributed by atoms with E-state index in [9.17, 15) is 0 Å². The first-order valence-corrected chi connectivity index (χ1v) is 5.86. The number of nitrogens with two attached hydrogens (primary N) is 1. The van der Waals surface area contributed by atoms with E-state index in [1.165, 1.54) is 0 Å². The summed E-state index contributed by atoms with van der Waals surface area (Å²) in [5.74, 6) is 0. The zero-order valence-electron chi connectivity index (χ0n) is 7.39. The second kappa shape index (κ2) is 4.07. The van der Waals surface area contributed by atoms with Crippen molar-refractivity contribution in [2.24, 2.45) is 5.73 Å². The van der Waals surface area contributed by atoms with Gasteiger partial charge in [0.2, 0.25) is 0 Å². The van der Waals surface area contributed by atoms with E-state index in [0.717, 1.165) is 31.4 Å². The maximum absolute atomic E-state index is 6.20. The average molecular weight is 246 g/mol. The monoisotopic (exact) mass is 245 g/mol. The van der Waals surface area contributed by atoms with Crippen LogP contribution in [0.5, 0.6) is 0 Å². The Morgan fingerprint density at radius 2 is 2.07 bits per heavy atom. The van der Waals surface area contributed by atoms with Crippen molar-refractivity contribution in [3.8, 4) is 0 Å². The van der Waals surface area contributed by atoms with Gasteiger partial charge in [-0.2, -0.15) is 0 Å². The van der Waals surface area contributed by atoms with Crippen LogP contribution in [-0.2, 0) is 6.42 Å². The highest BCUT2D eigenvalue weighted by molar-refractivity contribution is 7.19. The van der Waals surface area contributed by atoms with Gasteiger partial charge in [0, 0.05) is 20.0 Å². The quantitative estimate of drug-likeness (QED) is 0.858. The van der Waals surface area contributed by atoms with Crippen LogP contribution in [0.15, 0.2) is 18.2 Å². The lowest BCUT2D eigenvalue weighted by atomic mass is 10.2. The number of fused-ring (bicyclic) bond motifs is 1. The Balaban J connectivity index is 2.61. The molecule has 14 heavy (non-hydrogen) atoms. The van der Waals surface area contributed by atoms with Crippen LogP contribution in [0, 0.1) is 0 Å². The highest BCUT2D eigenvalue weighted by Crippen LogP contribution is 2.36. The van der Waals surface area contributed by atoms with Gasteiger partial charge in [0.25, 0.3) is 0 Å². The highest BCUT2D eigenvalue weighted by Gasteiger charge is 2.09. The maximum Gasteiger partial charge on any atom is 0.0624 e. The molecule has 2 N–H and O–H groups in total. The highest BCUT2D eigenvalue weighted by atomic mass is 35.5. The van der Waals surface area contributed by atoms with Crippen molar-refractivity contribution >= 4 is 44.6 Å². The predicted octanol–water partition coefficient (Wildman–Crippen LogP) is 3.71. The molecular weight excluding hydrogens is 237 g/mol. The molecule has 0 fully saturated rings. The topological polar surface area (TPSA) is 26.0 Å². The van der Waals surface area contributed by atoms with Crippen molar-refractivity contribution in [2.75, 3.05) is 6.54 Å².